The van der Waals surface area contributed by atoms with Crippen molar-refractivity contribution in [2.45, 2.75) is 19.1 Å². The minimum absolute atomic E-state index is 0.0394. The molecule has 0 bridgehead atoms. The summed E-state index contributed by atoms with van der Waals surface area (Å²) in [6.45, 7) is 1.85. The molecule has 14 heteroatoms. The van der Waals surface area contributed by atoms with Crippen LogP contribution < -0.4 is 16.2 Å². The molecule has 0 saturated heterocycles. The van der Waals surface area contributed by atoms with Gasteiger partial charge in [-0.05, 0) is 91.9 Å². The van der Waals surface area contributed by atoms with Crippen LogP contribution in [0.4, 0.5) is 5.69 Å². The maximum Gasteiger partial charge on any atom is 0.349 e. The van der Waals surface area contributed by atoms with Crippen molar-refractivity contribution in [1.82, 2.24) is 10.9 Å². The standard InChI is InChI=1S/C33H25Cl2N3O9/c1-18-3-2-4-22(17-18)28(39)36-25-15-9-19(10-16-25)29(40)37-38-30(41)26(46-32(44)20-5-11-23(34)12-6-20)27(31(42)43)47-33(45)21-7-13-24(35)14-8-21/h2-17,26-27H,1H3,(H,36,39)(H,37,40)(H,38,41)(H,42,43)/t26-,27-/m1/s1. The van der Waals surface area contributed by atoms with Gasteiger partial charge in [-0.1, -0.05) is 40.9 Å². The van der Waals surface area contributed by atoms with Crippen molar-refractivity contribution < 1.29 is 43.3 Å². The van der Waals surface area contributed by atoms with Crippen molar-refractivity contribution in [2.75, 3.05) is 5.32 Å². The van der Waals surface area contributed by atoms with Crippen LogP contribution in [0.3, 0.4) is 0 Å². The Morgan fingerprint density at radius 1 is 0.617 bits per heavy atom. The first-order valence-corrected chi connectivity index (χ1v) is 14.4. The van der Waals surface area contributed by atoms with Crippen LogP contribution in [0, 0.1) is 6.92 Å². The SMILES string of the molecule is Cc1cccc(C(=O)Nc2ccc(C(=O)NNC(=O)[C@H](OC(=O)c3ccc(Cl)cc3)[C@@H](OC(=O)c3ccc(Cl)cc3)C(=O)O)cc2)c1. The van der Waals surface area contributed by atoms with E-state index in [-0.39, 0.29) is 22.6 Å². The minimum atomic E-state index is -2.34. The summed E-state index contributed by atoms with van der Waals surface area (Å²) < 4.78 is 10.3. The number of carboxylic acids is 1. The molecule has 4 N–H and O–H groups in total. The fourth-order valence-electron chi connectivity index (χ4n) is 3.99. The number of anilines is 1. The molecular weight excluding hydrogens is 653 g/mol. The lowest BCUT2D eigenvalue weighted by atomic mass is 10.1. The summed E-state index contributed by atoms with van der Waals surface area (Å²) in [6.07, 6.45) is -4.62. The zero-order chi connectivity index (χ0) is 34.1. The van der Waals surface area contributed by atoms with Crippen molar-refractivity contribution in [3.8, 4) is 0 Å². The smallest absolute Gasteiger partial charge is 0.349 e. The number of hydrogen-bond acceptors (Lipinski definition) is 8. The highest BCUT2D eigenvalue weighted by molar-refractivity contribution is 6.31. The second kappa shape index (κ2) is 15.5. The van der Waals surface area contributed by atoms with Crippen LogP contribution in [0.5, 0.6) is 0 Å². The second-order valence-electron chi connectivity index (χ2n) is 9.85. The molecule has 3 amide bonds. The average molecular weight is 678 g/mol. The molecule has 4 rings (SSSR count). The molecule has 47 heavy (non-hydrogen) atoms. The maximum atomic E-state index is 13.2. The number of hydrazine groups is 1. The van der Waals surface area contributed by atoms with Crippen molar-refractivity contribution >= 4 is 64.5 Å². The molecule has 0 fully saturated rings. The fourth-order valence-corrected chi connectivity index (χ4v) is 4.24. The fraction of sp³-hybridized carbons (Fsp3) is 0.0909. The van der Waals surface area contributed by atoms with Crippen molar-refractivity contribution in [3.05, 3.63) is 135 Å². The van der Waals surface area contributed by atoms with Gasteiger partial charge in [0.15, 0.2) is 0 Å². The Bertz CT molecular complexity index is 1810. The Hall–Kier alpha value is -5.72. The van der Waals surface area contributed by atoms with E-state index in [1.54, 1.807) is 18.2 Å². The molecule has 240 valence electrons. The number of amides is 3. The summed E-state index contributed by atoms with van der Waals surface area (Å²) in [4.78, 5) is 76.3. The highest BCUT2D eigenvalue weighted by Gasteiger charge is 2.41. The quantitative estimate of drug-likeness (QED) is 0.135. The molecule has 0 saturated carbocycles. The van der Waals surface area contributed by atoms with Gasteiger partial charge in [0, 0.05) is 26.9 Å². The topological polar surface area (TPSA) is 177 Å². The first kappa shape index (κ1) is 34.2. The number of benzene rings is 4. The molecule has 0 unspecified atom stereocenters. The van der Waals surface area contributed by atoms with Gasteiger partial charge >= 0.3 is 17.9 Å². The monoisotopic (exact) mass is 677 g/mol. The van der Waals surface area contributed by atoms with E-state index in [1.165, 1.54) is 72.8 Å². The van der Waals surface area contributed by atoms with E-state index in [1.807, 2.05) is 18.4 Å². The van der Waals surface area contributed by atoms with E-state index in [2.05, 4.69) is 10.7 Å². The van der Waals surface area contributed by atoms with E-state index in [4.69, 9.17) is 32.7 Å². The lowest BCUT2D eigenvalue weighted by Gasteiger charge is -2.23. The average Bonchev–Trinajstić information content (AvgIpc) is 3.05. The maximum absolute atomic E-state index is 13.2. The number of carboxylic acid groups (broad SMARTS) is 1. The van der Waals surface area contributed by atoms with Crippen molar-refractivity contribution in [1.29, 1.82) is 0 Å². The van der Waals surface area contributed by atoms with Gasteiger partial charge in [-0.25, -0.2) is 14.4 Å². The number of ether oxygens (including phenoxy) is 2. The van der Waals surface area contributed by atoms with E-state index >= 15 is 0 Å². The zero-order valence-corrected chi connectivity index (χ0v) is 25.9. The molecule has 0 radical (unpaired) electrons. The lowest BCUT2D eigenvalue weighted by Crippen LogP contribution is -2.54. The minimum Gasteiger partial charge on any atom is -0.478 e. The highest BCUT2D eigenvalue weighted by atomic mass is 35.5. The number of hydrogen-bond donors (Lipinski definition) is 4. The van der Waals surface area contributed by atoms with Crippen molar-refractivity contribution in [2.24, 2.45) is 0 Å². The van der Waals surface area contributed by atoms with Crippen molar-refractivity contribution in [3.63, 3.8) is 0 Å². The van der Waals surface area contributed by atoms with Crippen LogP contribution in [-0.2, 0) is 19.1 Å². The third kappa shape index (κ3) is 9.39. The predicted molar refractivity (Wildman–Crippen MR) is 170 cm³/mol. The highest BCUT2D eigenvalue weighted by Crippen LogP contribution is 2.17. The van der Waals surface area contributed by atoms with Gasteiger partial charge in [0.05, 0.1) is 11.1 Å². The molecule has 0 aliphatic carbocycles. The normalized spacial score (nSPS) is 11.7. The number of nitrogens with one attached hydrogen (secondary N) is 3. The lowest BCUT2D eigenvalue weighted by molar-refractivity contribution is -0.159. The number of aryl methyl sites for hydroxylation is 1. The number of aliphatic carboxylic acids is 1. The summed E-state index contributed by atoms with van der Waals surface area (Å²) >= 11 is 11.7. The summed E-state index contributed by atoms with van der Waals surface area (Å²) in [5.74, 6) is -6.67. The molecule has 0 spiro atoms. The van der Waals surface area contributed by atoms with Crippen LogP contribution in [0.25, 0.3) is 0 Å². The first-order valence-electron chi connectivity index (χ1n) is 13.7. The summed E-state index contributed by atoms with van der Waals surface area (Å²) in [6, 6.07) is 23.1. The summed E-state index contributed by atoms with van der Waals surface area (Å²) in [5.41, 5.74) is 5.67. The third-order valence-corrected chi connectivity index (χ3v) is 6.89. The molecule has 0 heterocycles. The van der Waals surface area contributed by atoms with E-state index in [9.17, 15) is 33.9 Å². The number of carbonyl (C=O) groups excluding carboxylic acids is 5. The van der Waals surface area contributed by atoms with Gasteiger partial charge in [-0.3, -0.25) is 25.2 Å². The third-order valence-electron chi connectivity index (χ3n) is 6.39. The zero-order valence-electron chi connectivity index (χ0n) is 24.4. The van der Waals surface area contributed by atoms with E-state index in [0.29, 0.717) is 21.3 Å². The van der Waals surface area contributed by atoms with E-state index < -0.39 is 41.9 Å². The van der Waals surface area contributed by atoms with Gasteiger partial charge < -0.3 is 19.9 Å². The van der Waals surface area contributed by atoms with Gasteiger partial charge in [0.25, 0.3) is 17.7 Å². The Morgan fingerprint density at radius 2 is 1.13 bits per heavy atom. The summed E-state index contributed by atoms with van der Waals surface area (Å²) in [5, 5.41) is 13.2. The Balaban J connectivity index is 1.47. The number of esters is 2. The molecule has 0 aromatic heterocycles. The van der Waals surface area contributed by atoms with Gasteiger partial charge in [0.1, 0.15) is 0 Å². The van der Waals surface area contributed by atoms with Gasteiger partial charge in [-0.2, -0.15) is 0 Å². The predicted octanol–water partition coefficient (Wildman–Crippen LogP) is 4.85. The molecule has 2 atom stereocenters. The molecular formula is C33H25Cl2N3O9. The molecule has 4 aromatic carbocycles. The second-order valence-corrected chi connectivity index (χ2v) is 10.7. The Morgan fingerprint density at radius 3 is 1.64 bits per heavy atom. The number of carbonyl (C=O) groups is 6. The summed E-state index contributed by atoms with van der Waals surface area (Å²) in [7, 11) is 0. The number of halogens is 2. The number of rotatable bonds is 10. The molecule has 4 aromatic rings. The van der Waals surface area contributed by atoms with Crippen LogP contribution in [0.2, 0.25) is 10.0 Å². The Kier molecular flexibility index (Phi) is 11.3. The molecule has 0 aliphatic rings. The molecule has 0 aliphatic heterocycles. The van der Waals surface area contributed by atoms with Crippen LogP contribution in [0.1, 0.15) is 47.0 Å². The van der Waals surface area contributed by atoms with Crippen LogP contribution in [0.15, 0.2) is 97.1 Å². The van der Waals surface area contributed by atoms with Crippen LogP contribution in [-0.4, -0.2) is 52.9 Å². The van der Waals surface area contributed by atoms with Crippen LogP contribution >= 0.6 is 23.2 Å². The largest absolute Gasteiger partial charge is 0.478 e. The molecule has 12 nitrogen and oxygen atoms in total. The van der Waals surface area contributed by atoms with E-state index in [0.717, 1.165) is 5.56 Å². The first-order chi connectivity index (χ1) is 22.4. The van der Waals surface area contributed by atoms with Gasteiger partial charge in [0.2, 0.25) is 12.2 Å². The Labute approximate surface area is 277 Å². The van der Waals surface area contributed by atoms with Gasteiger partial charge in [-0.15, -0.1) is 0 Å².